The number of aliphatic hydroxyl groups excluding tert-OH is 1. The third-order valence-electron chi connectivity index (χ3n) is 1.73. The molecule has 1 heterocycles. The van der Waals surface area contributed by atoms with Crippen LogP contribution >= 0.6 is 0 Å². The van der Waals surface area contributed by atoms with Crippen molar-refractivity contribution in [2.75, 3.05) is 13.2 Å². The molecule has 10 heteroatoms. The topological polar surface area (TPSA) is 123 Å². The lowest BCUT2D eigenvalue weighted by molar-refractivity contribution is -0.394. The second-order valence-corrected chi connectivity index (χ2v) is 3.01. The number of hydrogen-bond acceptors (Lipinski definition) is 6. The zero-order valence-corrected chi connectivity index (χ0v) is 8.61. The van der Waals surface area contributed by atoms with Crippen LogP contribution in [0, 0.1) is 10.1 Å². The number of nitrogens with one attached hydrogen (secondary N) is 1. The van der Waals surface area contributed by atoms with Crippen LogP contribution in [-0.2, 0) is 11.3 Å². The molecule has 0 aliphatic rings. The van der Waals surface area contributed by atoms with Crippen LogP contribution in [0.25, 0.3) is 0 Å². The quantitative estimate of drug-likeness (QED) is 0.472. The van der Waals surface area contributed by atoms with E-state index >= 15 is 0 Å². The van der Waals surface area contributed by atoms with Gasteiger partial charge in [0.2, 0.25) is 6.33 Å². The van der Waals surface area contributed by atoms with E-state index in [1.165, 1.54) is 0 Å². The third-order valence-corrected chi connectivity index (χ3v) is 1.73. The van der Waals surface area contributed by atoms with Gasteiger partial charge >= 0.3 is 5.95 Å². The van der Waals surface area contributed by atoms with Gasteiger partial charge in [-0.05, 0) is 4.92 Å². The molecular formula is C7H10FN5O4. The van der Waals surface area contributed by atoms with E-state index in [0.29, 0.717) is 0 Å². The molecule has 0 aliphatic heterocycles. The fourth-order valence-electron chi connectivity index (χ4n) is 0.993. The Morgan fingerprint density at radius 1 is 1.76 bits per heavy atom. The highest BCUT2D eigenvalue weighted by molar-refractivity contribution is 5.80. The van der Waals surface area contributed by atoms with Crippen molar-refractivity contribution in [3.63, 3.8) is 0 Å². The summed E-state index contributed by atoms with van der Waals surface area (Å²) in [5.74, 6) is -1.58. The van der Waals surface area contributed by atoms with Crippen LogP contribution < -0.4 is 5.32 Å². The molecule has 9 nitrogen and oxygen atoms in total. The van der Waals surface area contributed by atoms with Crippen LogP contribution in [0.1, 0.15) is 0 Å². The molecule has 1 unspecified atom stereocenters. The van der Waals surface area contributed by atoms with Gasteiger partial charge in [-0.25, -0.2) is 4.39 Å². The molecule has 1 atom stereocenters. The molecule has 0 bridgehead atoms. The van der Waals surface area contributed by atoms with Crippen molar-refractivity contribution in [1.29, 1.82) is 0 Å². The summed E-state index contributed by atoms with van der Waals surface area (Å²) < 4.78 is 14.1. The summed E-state index contributed by atoms with van der Waals surface area (Å²) in [6.45, 7) is -0.831. The van der Waals surface area contributed by atoms with Crippen LogP contribution in [0.3, 0.4) is 0 Å². The minimum absolute atomic E-state index is 0.0588. The number of amides is 1. The molecule has 0 spiro atoms. The number of carbonyl (C=O) groups excluding carboxylic acids is 1. The standard InChI is InChI=1S/C7H10FN5O4/c8-5(6(15)9-1-2-14)3-12-4-10-7(11-12)13(16)17/h4-5,14H,1-3H2,(H,9,15). The number of nitrogens with zero attached hydrogens (tertiary/aromatic N) is 4. The van der Waals surface area contributed by atoms with Crippen molar-refractivity contribution in [1.82, 2.24) is 20.1 Å². The van der Waals surface area contributed by atoms with Crippen LogP contribution in [-0.4, -0.2) is 50.0 Å². The van der Waals surface area contributed by atoms with Crippen molar-refractivity contribution in [3.8, 4) is 0 Å². The summed E-state index contributed by atoms with van der Waals surface area (Å²) in [6, 6.07) is 0. The van der Waals surface area contributed by atoms with Gasteiger partial charge in [0, 0.05) is 11.6 Å². The summed E-state index contributed by atoms with van der Waals surface area (Å²) >= 11 is 0. The van der Waals surface area contributed by atoms with E-state index < -0.39 is 29.5 Å². The van der Waals surface area contributed by atoms with Gasteiger partial charge in [0.1, 0.15) is 0 Å². The maximum absolute atomic E-state index is 13.3. The molecule has 94 valence electrons. The van der Waals surface area contributed by atoms with Crippen molar-refractivity contribution >= 4 is 11.9 Å². The maximum atomic E-state index is 13.3. The monoisotopic (exact) mass is 247 g/mol. The average Bonchev–Trinajstić information content (AvgIpc) is 2.74. The van der Waals surface area contributed by atoms with Gasteiger partial charge in [-0.3, -0.25) is 4.79 Å². The number of nitro groups is 1. The first kappa shape index (κ1) is 13.0. The normalized spacial score (nSPS) is 12.1. The Hall–Kier alpha value is -2.10. The Balaban J connectivity index is 2.52. The molecule has 17 heavy (non-hydrogen) atoms. The lowest BCUT2D eigenvalue weighted by atomic mass is 10.3. The van der Waals surface area contributed by atoms with Crippen molar-refractivity contribution in [2.45, 2.75) is 12.7 Å². The average molecular weight is 247 g/mol. The predicted octanol–water partition coefficient (Wildman–Crippen LogP) is -1.37. The van der Waals surface area contributed by atoms with Crippen molar-refractivity contribution < 1.29 is 19.2 Å². The second kappa shape index (κ2) is 5.84. The number of hydrogen-bond donors (Lipinski definition) is 2. The molecule has 2 N–H and O–H groups in total. The Bertz CT molecular complexity index is 409. The Morgan fingerprint density at radius 3 is 3.00 bits per heavy atom. The Kier molecular flexibility index (Phi) is 4.46. The van der Waals surface area contributed by atoms with Gasteiger partial charge in [0.15, 0.2) is 6.17 Å². The van der Waals surface area contributed by atoms with E-state index in [-0.39, 0.29) is 13.2 Å². The van der Waals surface area contributed by atoms with Crippen molar-refractivity contribution in [3.05, 3.63) is 16.4 Å². The molecule has 0 aliphatic carbocycles. The van der Waals surface area contributed by atoms with Crippen LogP contribution in [0.2, 0.25) is 0 Å². The fourth-order valence-corrected chi connectivity index (χ4v) is 0.993. The zero-order valence-electron chi connectivity index (χ0n) is 8.61. The number of carbonyl (C=O) groups is 1. The first-order valence-corrected chi connectivity index (χ1v) is 4.61. The van der Waals surface area contributed by atoms with Crippen LogP contribution in [0.4, 0.5) is 10.3 Å². The Morgan fingerprint density at radius 2 is 2.47 bits per heavy atom. The van der Waals surface area contributed by atoms with E-state index in [1.54, 1.807) is 0 Å². The summed E-state index contributed by atoms with van der Waals surface area (Å²) in [4.78, 5) is 23.8. The highest BCUT2D eigenvalue weighted by Crippen LogP contribution is 2.02. The van der Waals surface area contributed by atoms with E-state index in [2.05, 4.69) is 15.4 Å². The molecule has 0 radical (unpaired) electrons. The summed E-state index contributed by atoms with van der Waals surface area (Å²) in [6.07, 6.45) is -0.952. The molecule has 1 aromatic rings. The van der Waals surface area contributed by atoms with Crippen molar-refractivity contribution in [2.24, 2.45) is 0 Å². The highest BCUT2D eigenvalue weighted by Gasteiger charge is 2.21. The Labute approximate surface area is 94.4 Å². The minimum atomic E-state index is -1.91. The number of rotatable bonds is 6. The van der Waals surface area contributed by atoms with Gasteiger partial charge in [0.25, 0.3) is 5.91 Å². The van der Waals surface area contributed by atoms with E-state index in [0.717, 1.165) is 11.0 Å². The van der Waals surface area contributed by atoms with E-state index in [1.807, 2.05) is 0 Å². The fraction of sp³-hybridized carbons (Fsp3) is 0.571. The summed E-state index contributed by atoms with van der Waals surface area (Å²) in [7, 11) is 0. The van der Waals surface area contributed by atoms with Gasteiger partial charge in [-0.15, -0.1) is 0 Å². The number of aromatic nitrogens is 3. The molecule has 1 aromatic heterocycles. The van der Waals surface area contributed by atoms with E-state index in [4.69, 9.17) is 5.11 Å². The van der Waals surface area contributed by atoms with E-state index in [9.17, 15) is 19.3 Å². The molecule has 1 rings (SSSR count). The van der Waals surface area contributed by atoms with Gasteiger partial charge in [-0.2, -0.15) is 4.68 Å². The number of halogens is 1. The molecule has 0 saturated heterocycles. The zero-order chi connectivity index (χ0) is 12.8. The van der Waals surface area contributed by atoms with Crippen LogP contribution in [0.15, 0.2) is 6.33 Å². The minimum Gasteiger partial charge on any atom is -0.395 e. The number of aliphatic hydroxyl groups is 1. The molecule has 1 amide bonds. The molecule has 0 saturated carbocycles. The van der Waals surface area contributed by atoms with Gasteiger partial charge < -0.3 is 20.5 Å². The highest BCUT2D eigenvalue weighted by atomic mass is 19.1. The lowest BCUT2D eigenvalue weighted by Gasteiger charge is -2.06. The second-order valence-electron chi connectivity index (χ2n) is 3.01. The predicted molar refractivity (Wildman–Crippen MR) is 51.7 cm³/mol. The lowest BCUT2D eigenvalue weighted by Crippen LogP contribution is -2.36. The SMILES string of the molecule is O=C(NCCO)C(F)Cn1cnc([N+](=O)[O-])n1. The smallest absolute Gasteiger partial charge is 0.395 e. The molecular weight excluding hydrogens is 237 g/mol. The van der Waals surface area contributed by atoms with Crippen LogP contribution in [0.5, 0.6) is 0 Å². The van der Waals surface area contributed by atoms with Gasteiger partial charge in [-0.1, -0.05) is 4.98 Å². The first-order chi connectivity index (χ1) is 8.04. The third kappa shape index (κ3) is 3.75. The largest absolute Gasteiger partial charge is 0.490 e. The first-order valence-electron chi connectivity index (χ1n) is 4.61. The number of alkyl halides is 1. The molecule has 0 aromatic carbocycles. The summed E-state index contributed by atoms with van der Waals surface area (Å²) in [5, 5.41) is 24.1. The summed E-state index contributed by atoms with van der Waals surface area (Å²) in [5.41, 5.74) is 0. The van der Waals surface area contributed by atoms with Gasteiger partial charge in [0.05, 0.1) is 13.2 Å². The maximum Gasteiger partial charge on any atom is 0.490 e. The molecule has 0 fully saturated rings.